The molecule has 0 spiro atoms. The zero-order chi connectivity index (χ0) is 13.2. The Labute approximate surface area is 113 Å². The fourth-order valence-corrected chi connectivity index (χ4v) is 2.38. The van der Waals surface area contributed by atoms with Crippen molar-refractivity contribution in [3.8, 4) is 11.1 Å². The maximum atomic E-state index is 4.58. The number of fused-ring (bicyclic) bond motifs is 1. The summed E-state index contributed by atoms with van der Waals surface area (Å²) in [6.45, 7) is 2.02. The minimum Gasteiger partial charge on any atom is -0.388 e. The predicted molar refractivity (Wildman–Crippen MR) is 81.5 cm³/mol. The van der Waals surface area contributed by atoms with Crippen LogP contribution in [0.5, 0.6) is 0 Å². The van der Waals surface area contributed by atoms with Crippen LogP contribution in [0.2, 0.25) is 0 Å². The Bertz CT molecular complexity index is 718. The van der Waals surface area contributed by atoms with Crippen molar-refractivity contribution in [3.05, 3.63) is 60.3 Å². The molecule has 0 amide bonds. The lowest BCUT2D eigenvalue weighted by Crippen LogP contribution is -1.93. The molecule has 0 bridgehead atoms. The third-order valence-electron chi connectivity index (χ3n) is 3.31. The van der Waals surface area contributed by atoms with Crippen molar-refractivity contribution in [2.24, 2.45) is 0 Å². The molecule has 0 aliphatic carbocycles. The first-order valence-corrected chi connectivity index (χ1v) is 6.42. The van der Waals surface area contributed by atoms with Crippen molar-refractivity contribution in [1.82, 2.24) is 4.98 Å². The Morgan fingerprint density at radius 2 is 1.68 bits per heavy atom. The lowest BCUT2D eigenvalue weighted by atomic mass is 10.0. The van der Waals surface area contributed by atoms with E-state index in [0.717, 1.165) is 22.3 Å². The Kier molecular flexibility index (Phi) is 2.92. The zero-order valence-corrected chi connectivity index (χ0v) is 11.1. The van der Waals surface area contributed by atoms with E-state index in [0.29, 0.717) is 0 Å². The van der Waals surface area contributed by atoms with Crippen LogP contribution in [0.15, 0.2) is 54.6 Å². The maximum Gasteiger partial charge on any atom is 0.0726 e. The number of hydrogen-bond donors (Lipinski definition) is 1. The molecule has 3 aromatic rings. The van der Waals surface area contributed by atoms with Crippen LogP contribution in [0, 0.1) is 6.92 Å². The SMILES string of the molecule is CNc1cc(C)nc2ccc(-c3ccccc3)cc12. The summed E-state index contributed by atoms with van der Waals surface area (Å²) in [6.07, 6.45) is 0. The van der Waals surface area contributed by atoms with Gasteiger partial charge in [0.2, 0.25) is 0 Å². The van der Waals surface area contributed by atoms with Crippen LogP contribution in [0.1, 0.15) is 5.69 Å². The quantitative estimate of drug-likeness (QED) is 0.733. The third kappa shape index (κ3) is 2.17. The van der Waals surface area contributed by atoms with Gasteiger partial charge in [-0.1, -0.05) is 36.4 Å². The average molecular weight is 248 g/mol. The van der Waals surface area contributed by atoms with E-state index in [1.54, 1.807) is 0 Å². The van der Waals surface area contributed by atoms with Crippen LogP contribution >= 0.6 is 0 Å². The van der Waals surface area contributed by atoms with E-state index >= 15 is 0 Å². The Hall–Kier alpha value is -2.35. The van der Waals surface area contributed by atoms with Crippen molar-refractivity contribution >= 4 is 16.6 Å². The summed E-state index contributed by atoms with van der Waals surface area (Å²) in [4.78, 5) is 4.58. The molecule has 0 unspecified atom stereocenters. The van der Waals surface area contributed by atoms with Gasteiger partial charge >= 0.3 is 0 Å². The summed E-state index contributed by atoms with van der Waals surface area (Å²) in [6, 6.07) is 18.9. The molecule has 0 saturated carbocycles. The average Bonchev–Trinajstić information content (AvgIpc) is 2.46. The number of aryl methyl sites for hydroxylation is 1. The number of nitrogens with zero attached hydrogens (tertiary/aromatic N) is 1. The molecular formula is C17H16N2. The fourth-order valence-electron chi connectivity index (χ4n) is 2.38. The van der Waals surface area contributed by atoms with Crippen LogP contribution < -0.4 is 5.32 Å². The van der Waals surface area contributed by atoms with Gasteiger partial charge in [0, 0.05) is 23.8 Å². The van der Waals surface area contributed by atoms with Crippen LogP contribution in [0.4, 0.5) is 5.69 Å². The highest BCUT2D eigenvalue weighted by molar-refractivity contribution is 5.94. The molecule has 2 nitrogen and oxygen atoms in total. The van der Waals surface area contributed by atoms with Crippen LogP contribution in [0.25, 0.3) is 22.0 Å². The molecule has 1 heterocycles. The second-order valence-electron chi connectivity index (χ2n) is 4.66. The third-order valence-corrected chi connectivity index (χ3v) is 3.31. The lowest BCUT2D eigenvalue weighted by molar-refractivity contribution is 1.25. The van der Waals surface area contributed by atoms with Gasteiger partial charge in [0.25, 0.3) is 0 Å². The normalized spacial score (nSPS) is 10.6. The monoisotopic (exact) mass is 248 g/mol. The minimum absolute atomic E-state index is 1.03. The molecule has 0 fully saturated rings. The van der Waals surface area contributed by atoms with E-state index in [1.807, 2.05) is 20.0 Å². The van der Waals surface area contributed by atoms with Crippen molar-refractivity contribution in [1.29, 1.82) is 0 Å². The van der Waals surface area contributed by atoms with Gasteiger partial charge in [-0.3, -0.25) is 4.98 Å². The highest BCUT2D eigenvalue weighted by atomic mass is 14.8. The predicted octanol–water partition coefficient (Wildman–Crippen LogP) is 4.25. The Morgan fingerprint density at radius 1 is 0.895 bits per heavy atom. The minimum atomic E-state index is 1.03. The summed E-state index contributed by atoms with van der Waals surface area (Å²) in [5.41, 5.74) is 5.64. The van der Waals surface area contributed by atoms with Crippen molar-refractivity contribution in [2.75, 3.05) is 12.4 Å². The van der Waals surface area contributed by atoms with E-state index in [1.165, 1.54) is 11.1 Å². The maximum absolute atomic E-state index is 4.58. The molecule has 19 heavy (non-hydrogen) atoms. The molecular weight excluding hydrogens is 232 g/mol. The number of anilines is 1. The summed E-state index contributed by atoms with van der Waals surface area (Å²) in [5, 5.41) is 4.41. The van der Waals surface area contributed by atoms with Crippen LogP contribution in [-0.2, 0) is 0 Å². The molecule has 0 saturated heterocycles. The zero-order valence-electron chi connectivity index (χ0n) is 11.1. The molecule has 1 N–H and O–H groups in total. The number of nitrogens with one attached hydrogen (secondary N) is 1. The first kappa shape index (κ1) is 11.7. The lowest BCUT2D eigenvalue weighted by Gasteiger charge is -2.09. The summed E-state index contributed by atoms with van der Waals surface area (Å²) >= 11 is 0. The standard InChI is InChI=1S/C17H16N2/c1-12-10-17(18-2)15-11-14(8-9-16(15)19-12)13-6-4-3-5-7-13/h3-11H,1-2H3,(H,18,19). The molecule has 2 aromatic carbocycles. The number of pyridine rings is 1. The van der Waals surface area contributed by atoms with E-state index in [2.05, 4.69) is 58.8 Å². The molecule has 0 aliphatic heterocycles. The largest absolute Gasteiger partial charge is 0.388 e. The second kappa shape index (κ2) is 4.73. The summed E-state index contributed by atoms with van der Waals surface area (Å²) < 4.78 is 0. The Balaban J connectivity index is 2.23. The first-order valence-electron chi connectivity index (χ1n) is 6.42. The summed E-state index contributed by atoms with van der Waals surface area (Å²) in [5.74, 6) is 0. The molecule has 0 atom stereocenters. The van der Waals surface area contributed by atoms with Gasteiger partial charge in [0.1, 0.15) is 0 Å². The molecule has 2 heteroatoms. The molecule has 3 rings (SSSR count). The van der Waals surface area contributed by atoms with Gasteiger partial charge in [0.15, 0.2) is 0 Å². The molecule has 1 aromatic heterocycles. The highest BCUT2D eigenvalue weighted by Gasteiger charge is 2.05. The smallest absolute Gasteiger partial charge is 0.0726 e. The van der Waals surface area contributed by atoms with Crippen molar-refractivity contribution in [3.63, 3.8) is 0 Å². The number of hydrogen-bond acceptors (Lipinski definition) is 2. The number of benzene rings is 2. The van der Waals surface area contributed by atoms with E-state index in [-0.39, 0.29) is 0 Å². The van der Waals surface area contributed by atoms with E-state index in [9.17, 15) is 0 Å². The van der Waals surface area contributed by atoms with Gasteiger partial charge in [-0.15, -0.1) is 0 Å². The van der Waals surface area contributed by atoms with Gasteiger partial charge in [-0.25, -0.2) is 0 Å². The molecule has 0 aliphatic rings. The highest BCUT2D eigenvalue weighted by Crippen LogP contribution is 2.28. The molecule has 0 radical (unpaired) electrons. The van der Waals surface area contributed by atoms with Gasteiger partial charge in [-0.2, -0.15) is 0 Å². The van der Waals surface area contributed by atoms with E-state index < -0.39 is 0 Å². The first-order chi connectivity index (χ1) is 9.28. The van der Waals surface area contributed by atoms with Gasteiger partial charge < -0.3 is 5.32 Å². The second-order valence-corrected chi connectivity index (χ2v) is 4.66. The molecule has 94 valence electrons. The van der Waals surface area contributed by atoms with Crippen molar-refractivity contribution < 1.29 is 0 Å². The van der Waals surface area contributed by atoms with E-state index in [4.69, 9.17) is 0 Å². The Morgan fingerprint density at radius 3 is 2.42 bits per heavy atom. The fraction of sp³-hybridized carbons (Fsp3) is 0.118. The van der Waals surface area contributed by atoms with Gasteiger partial charge in [0.05, 0.1) is 5.52 Å². The number of aromatic nitrogens is 1. The summed E-state index contributed by atoms with van der Waals surface area (Å²) in [7, 11) is 1.95. The van der Waals surface area contributed by atoms with Crippen molar-refractivity contribution in [2.45, 2.75) is 6.92 Å². The van der Waals surface area contributed by atoms with Crippen LogP contribution in [-0.4, -0.2) is 12.0 Å². The van der Waals surface area contributed by atoms with Gasteiger partial charge in [-0.05, 0) is 36.2 Å². The number of rotatable bonds is 2. The topological polar surface area (TPSA) is 24.9 Å². The van der Waals surface area contributed by atoms with Crippen LogP contribution in [0.3, 0.4) is 0 Å².